The first-order valence-corrected chi connectivity index (χ1v) is 14.2. The molecule has 3 aromatic heterocycles. The van der Waals surface area contributed by atoms with Gasteiger partial charge < -0.3 is 25.4 Å². The molecule has 0 unspecified atom stereocenters. The number of likely N-dealkylation sites (tertiary alicyclic amines) is 1. The molecule has 0 saturated carbocycles. The minimum atomic E-state index is -0.903. The number of hydrogen-bond donors (Lipinski definition) is 3. The van der Waals surface area contributed by atoms with Crippen LogP contribution in [-0.2, 0) is 22.4 Å². The fourth-order valence-electron chi connectivity index (χ4n) is 5.25. The van der Waals surface area contributed by atoms with E-state index in [1.807, 2.05) is 12.3 Å². The normalized spacial score (nSPS) is 18.8. The van der Waals surface area contributed by atoms with E-state index in [1.54, 1.807) is 0 Å². The van der Waals surface area contributed by atoms with Crippen molar-refractivity contribution < 1.29 is 14.6 Å². The minimum Gasteiger partial charge on any atom is -0.480 e. The lowest BCUT2D eigenvalue weighted by molar-refractivity contribution is -0.138. The number of carboxylic acid groups (broad SMARTS) is 1. The van der Waals surface area contributed by atoms with Gasteiger partial charge in [-0.2, -0.15) is 0 Å². The third-order valence-electron chi connectivity index (χ3n) is 7.24. The largest absolute Gasteiger partial charge is 0.480 e. The molecule has 0 amide bonds. The number of anilines is 2. The maximum atomic E-state index is 11.9. The lowest BCUT2D eigenvalue weighted by Crippen LogP contribution is -2.41. The Morgan fingerprint density at radius 3 is 3.16 bits per heavy atom. The second-order valence-electron chi connectivity index (χ2n) is 10.0. The predicted octanol–water partition coefficient (Wildman–Crippen LogP) is 4.12. The fraction of sp³-hybridized carbons (Fsp3) is 0.556. The van der Waals surface area contributed by atoms with E-state index >= 15 is 0 Å². The van der Waals surface area contributed by atoms with Gasteiger partial charge in [-0.1, -0.05) is 6.07 Å². The average Bonchev–Trinajstić information content (AvgIpc) is 3.29. The number of nitrogens with zero attached hydrogens (tertiary/aromatic N) is 4. The van der Waals surface area contributed by atoms with Crippen LogP contribution in [0.3, 0.4) is 0 Å². The summed E-state index contributed by atoms with van der Waals surface area (Å²) in [5.74, 6) is 0.739. The number of aliphatic carboxylic acids is 1. The molecule has 0 radical (unpaired) electrons. The molecule has 198 valence electrons. The standard InChI is InChI=1S/C27H36N6O3S/c1-18-16-37-26-23(18)25(29-17-30-26)32-22(27(34)35)10-14-36-21-7-4-13-33(15-21)12-3-6-20-9-8-19-5-2-11-28-24(19)31-20/h8-9,16-17,21-22H,2-7,10-15H2,1H3,(H,28,31)(H,34,35)(H,29,30,32)/t21-,22+/m1/s1. The second kappa shape index (κ2) is 12.1. The zero-order chi connectivity index (χ0) is 25.6. The van der Waals surface area contributed by atoms with Crippen molar-refractivity contribution in [2.45, 2.75) is 64.0 Å². The maximum Gasteiger partial charge on any atom is 0.326 e. The molecule has 1 saturated heterocycles. The van der Waals surface area contributed by atoms with E-state index in [9.17, 15) is 9.90 Å². The molecule has 3 N–H and O–H groups in total. The number of ether oxygens (including phenoxy) is 1. The van der Waals surface area contributed by atoms with Crippen LogP contribution in [0.25, 0.3) is 10.2 Å². The first-order chi connectivity index (χ1) is 18.1. The van der Waals surface area contributed by atoms with Gasteiger partial charge in [-0.25, -0.2) is 19.7 Å². The SMILES string of the molecule is Cc1csc2ncnc(N[C@@H](CCO[C@@H]3CCCN(CCCc4ccc5c(n4)NCCC5)C3)C(=O)O)c12. The number of aromatic nitrogens is 3. The van der Waals surface area contributed by atoms with Crippen LogP contribution >= 0.6 is 11.3 Å². The van der Waals surface area contributed by atoms with Crippen molar-refractivity contribution in [3.05, 3.63) is 40.7 Å². The molecule has 2 aliphatic heterocycles. The van der Waals surface area contributed by atoms with Gasteiger partial charge in [0, 0.05) is 31.8 Å². The van der Waals surface area contributed by atoms with Crippen LogP contribution in [-0.4, -0.2) is 75.9 Å². The van der Waals surface area contributed by atoms with Gasteiger partial charge >= 0.3 is 5.97 Å². The van der Waals surface area contributed by atoms with Gasteiger partial charge in [0.05, 0.1) is 11.5 Å². The Balaban J connectivity index is 1.07. The lowest BCUT2D eigenvalue weighted by Gasteiger charge is -2.32. The van der Waals surface area contributed by atoms with Crippen molar-refractivity contribution in [3.63, 3.8) is 0 Å². The third kappa shape index (κ3) is 6.55. The summed E-state index contributed by atoms with van der Waals surface area (Å²) in [7, 11) is 0. The number of aryl methyl sites for hydroxylation is 3. The maximum absolute atomic E-state index is 11.9. The van der Waals surface area contributed by atoms with Crippen LogP contribution in [0.5, 0.6) is 0 Å². The number of carboxylic acids is 1. The molecule has 3 aromatic rings. The quantitative estimate of drug-likeness (QED) is 0.341. The summed E-state index contributed by atoms with van der Waals surface area (Å²) in [5, 5.41) is 19.2. The Labute approximate surface area is 221 Å². The summed E-state index contributed by atoms with van der Waals surface area (Å²) in [5.41, 5.74) is 3.53. The summed E-state index contributed by atoms with van der Waals surface area (Å²) < 4.78 is 6.16. The van der Waals surface area contributed by atoms with E-state index in [4.69, 9.17) is 9.72 Å². The van der Waals surface area contributed by atoms with Crippen LogP contribution in [0.2, 0.25) is 0 Å². The first-order valence-electron chi connectivity index (χ1n) is 13.3. The highest BCUT2D eigenvalue weighted by Crippen LogP contribution is 2.29. The number of rotatable bonds is 11. The second-order valence-corrected chi connectivity index (χ2v) is 10.9. The molecule has 9 nitrogen and oxygen atoms in total. The van der Waals surface area contributed by atoms with Crippen molar-refractivity contribution in [1.29, 1.82) is 0 Å². The van der Waals surface area contributed by atoms with E-state index in [1.165, 1.54) is 29.6 Å². The van der Waals surface area contributed by atoms with Crippen molar-refractivity contribution in [2.24, 2.45) is 0 Å². The van der Waals surface area contributed by atoms with Crippen LogP contribution < -0.4 is 10.6 Å². The highest BCUT2D eigenvalue weighted by Gasteiger charge is 2.23. The number of hydrogen-bond acceptors (Lipinski definition) is 9. The molecule has 2 atom stereocenters. The molecule has 37 heavy (non-hydrogen) atoms. The monoisotopic (exact) mass is 524 g/mol. The predicted molar refractivity (Wildman–Crippen MR) is 147 cm³/mol. The number of pyridine rings is 1. The molecule has 5 rings (SSSR count). The number of nitrogens with one attached hydrogen (secondary N) is 2. The van der Waals surface area contributed by atoms with E-state index in [0.717, 1.165) is 85.6 Å². The molecule has 5 heterocycles. The molecular weight excluding hydrogens is 488 g/mol. The highest BCUT2D eigenvalue weighted by atomic mass is 32.1. The van der Waals surface area contributed by atoms with E-state index in [2.05, 4.69) is 37.6 Å². The smallest absolute Gasteiger partial charge is 0.326 e. The van der Waals surface area contributed by atoms with Gasteiger partial charge in [-0.05, 0) is 81.1 Å². The van der Waals surface area contributed by atoms with Gasteiger partial charge in [0.2, 0.25) is 0 Å². The summed E-state index contributed by atoms with van der Waals surface area (Å²) in [4.78, 5) is 28.7. The number of carbonyl (C=O) groups is 1. The molecule has 2 aliphatic rings. The van der Waals surface area contributed by atoms with E-state index in [0.29, 0.717) is 18.8 Å². The van der Waals surface area contributed by atoms with Crippen molar-refractivity contribution in [1.82, 2.24) is 19.9 Å². The first kappa shape index (κ1) is 25.8. The number of fused-ring (bicyclic) bond motifs is 2. The summed E-state index contributed by atoms with van der Waals surface area (Å²) in [6.45, 7) is 6.40. The van der Waals surface area contributed by atoms with Crippen LogP contribution in [0.15, 0.2) is 23.8 Å². The van der Waals surface area contributed by atoms with Gasteiger partial charge in [0.25, 0.3) is 0 Å². The van der Waals surface area contributed by atoms with Crippen molar-refractivity contribution >= 4 is 39.2 Å². The lowest BCUT2D eigenvalue weighted by atomic mass is 10.1. The Hall–Kier alpha value is -2.82. The zero-order valence-corrected chi connectivity index (χ0v) is 22.2. The minimum absolute atomic E-state index is 0.138. The Bertz CT molecular complexity index is 1220. The third-order valence-corrected chi connectivity index (χ3v) is 8.25. The zero-order valence-electron chi connectivity index (χ0n) is 21.4. The van der Waals surface area contributed by atoms with Gasteiger partial charge in [-0.3, -0.25) is 0 Å². The number of piperidine rings is 1. The Morgan fingerprint density at radius 2 is 2.27 bits per heavy atom. The van der Waals surface area contributed by atoms with Gasteiger partial charge in [0.1, 0.15) is 28.8 Å². The van der Waals surface area contributed by atoms with Crippen molar-refractivity contribution in [3.8, 4) is 0 Å². The molecule has 1 fully saturated rings. The molecule has 0 spiro atoms. The average molecular weight is 525 g/mol. The molecule has 0 bridgehead atoms. The molecule has 0 aromatic carbocycles. The number of thiophene rings is 1. The van der Waals surface area contributed by atoms with Gasteiger partial charge in [0.15, 0.2) is 0 Å². The van der Waals surface area contributed by atoms with E-state index < -0.39 is 12.0 Å². The highest BCUT2D eigenvalue weighted by molar-refractivity contribution is 7.17. The topological polar surface area (TPSA) is 113 Å². The molecule has 10 heteroatoms. The van der Waals surface area contributed by atoms with Gasteiger partial charge in [-0.15, -0.1) is 11.3 Å². The van der Waals surface area contributed by atoms with Crippen molar-refractivity contribution in [2.75, 3.05) is 43.4 Å². The fourth-order valence-corrected chi connectivity index (χ4v) is 6.14. The van der Waals surface area contributed by atoms with Crippen LogP contribution in [0, 0.1) is 6.92 Å². The summed E-state index contributed by atoms with van der Waals surface area (Å²) in [6, 6.07) is 3.63. The summed E-state index contributed by atoms with van der Waals surface area (Å²) >= 11 is 1.54. The Kier molecular flexibility index (Phi) is 8.48. The Morgan fingerprint density at radius 1 is 1.35 bits per heavy atom. The van der Waals surface area contributed by atoms with Crippen LogP contribution in [0.1, 0.15) is 48.9 Å². The van der Waals surface area contributed by atoms with Crippen LogP contribution in [0.4, 0.5) is 11.6 Å². The van der Waals surface area contributed by atoms with E-state index in [-0.39, 0.29) is 6.10 Å². The molecule has 0 aliphatic carbocycles. The molecular formula is C27H36N6O3S. The summed E-state index contributed by atoms with van der Waals surface area (Å²) in [6.07, 6.45) is 8.44.